The van der Waals surface area contributed by atoms with Crippen molar-refractivity contribution in [2.45, 2.75) is 19.3 Å². The normalized spacial score (nSPS) is 21.8. The van der Waals surface area contributed by atoms with Crippen LogP contribution in [0.2, 0.25) is 0 Å². The van der Waals surface area contributed by atoms with Crippen molar-refractivity contribution in [2.24, 2.45) is 23.7 Å². The van der Waals surface area contributed by atoms with Crippen LogP contribution < -0.4 is 14.4 Å². The number of benzene rings is 4. The second kappa shape index (κ2) is 10.8. The van der Waals surface area contributed by atoms with E-state index in [1.165, 1.54) is 36.3 Å². The van der Waals surface area contributed by atoms with Crippen LogP contribution in [0.4, 0.5) is 5.69 Å². The van der Waals surface area contributed by atoms with Crippen LogP contribution in [0.1, 0.15) is 50.3 Å². The van der Waals surface area contributed by atoms with E-state index in [2.05, 4.69) is 4.74 Å². The molecule has 7 rings (SSSR count). The van der Waals surface area contributed by atoms with Crippen molar-refractivity contribution in [3.63, 3.8) is 0 Å². The lowest BCUT2D eigenvalue weighted by molar-refractivity contribution is -0.123. The van der Waals surface area contributed by atoms with Crippen LogP contribution in [-0.2, 0) is 14.3 Å². The number of esters is 3. The molecule has 2 amide bonds. The van der Waals surface area contributed by atoms with Gasteiger partial charge in [-0.3, -0.25) is 14.5 Å². The van der Waals surface area contributed by atoms with E-state index < -0.39 is 17.9 Å². The molecule has 0 aromatic heterocycles. The Morgan fingerprint density at radius 2 is 1.11 bits per heavy atom. The van der Waals surface area contributed by atoms with Crippen molar-refractivity contribution in [2.75, 3.05) is 12.0 Å². The molecule has 3 aliphatic rings. The molecule has 2 aliphatic carbocycles. The maximum absolute atomic E-state index is 13.1. The van der Waals surface area contributed by atoms with Gasteiger partial charge in [0.1, 0.15) is 11.5 Å². The van der Waals surface area contributed by atoms with E-state index in [-0.39, 0.29) is 35.0 Å². The highest BCUT2D eigenvalue weighted by Crippen LogP contribution is 2.56. The maximum Gasteiger partial charge on any atom is 0.343 e. The van der Waals surface area contributed by atoms with E-state index >= 15 is 0 Å². The highest BCUT2D eigenvalue weighted by molar-refractivity contribution is 6.22. The molecule has 1 saturated heterocycles. The van der Waals surface area contributed by atoms with Gasteiger partial charge in [0, 0.05) is 0 Å². The Hall–Kier alpha value is -5.31. The zero-order valence-corrected chi connectivity index (χ0v) is 23.7. The third-order valence-corrected chi connectivity index (χ3v) is 9.03. The van der Waals surface area contributed by atoms with Crippen LogP contribution in [0, 0.1) is 23.7 Å². The molecule has 4 aromatic rings. The van der Waals surface area contributed by atoms with Crippen LogP contribution in [-0.4, -0.2) is 36.8 Å². The van der Waals surface area contributed by atoms with Crippen molar-refractivity contribution in [1.82, 2.24) is 0 Å². The summed E-state index contributed by atoms with van der Waals surface area (Å²) in [4.78, 5) is 64.7. The van der Waals surface area contributed by atoms with Gasteiger partial charge < -0.3 is 14.2 Å². The first-order valence-electron chi connectivity index (χ1n) is 14.4. The van der Waals surface area contributed by atoms with E-state index in [9.17, 15) is 24.0 Å². The number of hydrogen-bond donors (Lipinski definition) is 0. The Morgan fingerprint density at radius 1 is 0.614 bits per heavy atom. The van der Waals surface area contributed by atoms with Crippen molar-refractivity contribution in [1.29, 1.82) is 0 Å². The Kier molecular flexibility index (Phi) is 6.73. The van der Waals surface area contributed by atoms with Gasteiger partial charge in [-0.1, -0.05) is 12.1 Å². The van der Waals surface area contributed by atoms with E-state index in [1.54, 1.807) is 60.7 Å². The van der Waals surface area contributed by atoms with Gasteiger partial charge in [-0.15, -0.1) is 0 Å². The molecule has 0 radical (unpaired) electrons. The van der Waals surface area contributed by atoms with Gasteiger partial charge in [0.25, 0.3) is 0 Å². The van der Waals surface area contributed by atoms with Crippen molar-refractivity contribution in [3.8, 4) is 11.5 Å². The summed E-state index contributed by atoms with van der Waals surface area (Å²) in [6.07, 6.45) is 3.01. The number of hydrogen-bond acceptors (Lipinski definition) is 8. The second-order valence-electron chi connectivity index (χ2n) is 11.5. The topological polar surface area (TPSA) is 116 Å². The largest absolute Gasteiger partial charge is 0.465 e. The predicted molar refractivity (Wildman–Crippen MR) is 158 cm³/mol. The molecule has 1 aliphatic heterocycles. The standard InChI is InChI=1S/C35H27NO8/c1-42-33(39)19-8-13-27(14-9-19)43-35(41)25-5-2-22-18-28(15-10-21(22)16-25)44-34(40)20-6-11-26(12-7-20)36-31(37)29-23-3-4-24(17-23)30(29)32(36)38/h2,5-16,18,23-24,29-30H,3-4,17H2,1H3. The summed E-state index contributed by atoms with van der Waals surface area (Å²) in [5, 5.41) is 1.48. The molecule has 3 fully saturated rings. The Balaban J connectivity index is 1.00. The smallest absolute Gasteiger partial charge is 0.343 e. The Bertz CT molecular complexity index is 1820. The van der Waals surface area contributed by atoms with Crippen LogP contribution in [0.15, 0.2) is 84.9 Å². The van der Waals surface area contributed by atoms with Gasteiger partial charge >= 0.3 is 17.9 Å². The number of fused-ring (bicyclic) bond motifs is 6. The summed E-state index contributed by atoms with van der Waals surface area (Å²) in [6.45, 7) is 0. The third-order valence-electron chi connectivity index (χ3n) is 9.03. The SMILES string of the molecule is COC(=O)c1ccc(OC(=O)c2ccc3cc(OC(=O)c4ccc(N5C(=O)C6C7CCC(C7)C6C5=O)cc4)ccc3c2)cc1. The van der Waals surface area contributed by atoms with Gasteiger partial charge in [0.15, 0.2) is 0 Å². The van der Waals surface area contributed by atoms with Crippen LogP contribution >= 0.6 is 0 Å². The zero-order valence-electron chi connectivity index (χ0n) is 23.7. The molecule has 2 saturated carbocycles. The molecule has 9 heteroatoms. The molecular formula is C35H27NO8. The minimum atomic E-state index is -0.580. The van der Waals surface area contributed by atoms with Crippen molar-refractivity contribution in [3.05, 3.63) is 102 Å². The third kappa shape index (κ3) is 4.70. The Labute approximate surface area is 252 Å². The minimum absolute atomic E-state index is 0.121. The number of anilines is 1. The molecule has 4 unspecified atom stereocenters. The molecule has 1 heterocycles. The maximum atomic E-state index is 13.1. The number of nitrogens with zero attached hydrogens (tertiary/aromatic N) is 1. The van der Waals surface area contributed by atoms with Crippen LogP contribution in [0.25, 0.3) is 10.8 Å². The number of carbonyl (C=O) groups excluding carboxylic acids is 5. The molecule has 220 valence electrons. The second-order valence-corrected chi connectivity index (χ2v) is 11.5. The summed E-state index contributed by atoms with van der Waals surface area (Å²) in [7, 11) is 1.29. The number of carbonyl (C=O) groups is 5. The zero-order chi connectivity index (χ0) is 30.5. The van der Waals surface area contributed by atoms with Crippen LogP contribution in [0.3, 0.4) is 0 Å². The molecule has 4 atom stereocenters. The lowest BCUT2D eigenvalue weighted by Crippen LogP contribution is -2.32. The highest BCUT2D eigenvalue weighted by Gasteiger charge is 2.61. The number of methoxy groups -OCH3 is 1. The van der Waals surface area contributed by atoms with E-state index in [0.29, 0.717) is 34.4 Å². The molecule has 2 bridgehead atoms. The number of rotatable bonds is 6. The fraction of sp³-hybridized carbons (Fsp3) is 0.229. The quantitative estimate of drug-likeness (QED) is 0.162. The molecular weight excluding hydrogens is 562 g/mol. The van der Waals surface area contributed by atoms with E-state index in [0.717, 1.165) is 30.0 Å². The lowest BCUT2D eigenvalue weighted by Gasteiger charge is -2.19. The van der Waals surface area contributed by atoms with Crippen LogP contribution in [0.5, 0.6) is 11.5 Å². The minimum Gasteiger partial charge on any atom is -0.465 e. The summed E-state index contributed by atoms with van der Waals surface area (Å²) in [6, 6.07) is 22.4. The van der Waals surface area contributed by atoms with E-state index in [4.69, 9.17) is 9.47 Å². The molecule has 0 spiro atoms. The van der Waals surface area contributed by atoms with Gasteiger partial charge in [0.05, 0.1) is 41.3 Å². The summed E-state index contributed by atoms with van der Waals surface area (Å²) in [5.74, 6) is -1.06. The number of amides is 2. The van der Waals surface area contributed by atoms with Crippen molar-refractivity contribution < 1.29 is 38.2 Å². The summed E-state index contributed by atoms with van der Waals surface area (Å²) < 4.78 is 15.7. The van der Waals surface area contributed by atoms with Gasteiger partial charge in [-0.05, 0) is 115 Å². The van der Waals surface area contributed by atoms with Gasteiger partial charge in [-0.25, -0.2) is 14.4 Å². The summed E-state index contributed by atoms with van der Waals surface area (Å²) in [5.41, 5.74) is 1.43. The predicted octanol–water partition coefficient (Wildman–Crippen LogP) is 5.60. The van der Waals surface area contributed by atoms with Gasteiger partial charge in [-0.2, -0.15) is 0 Å². The first-order chi connectivity index (χ1) is 21.3. The molecule has 0 N–H and O–H groups in total. The van der Waals surface area contributed by atoms with Crippen molar-refractivity contribution >= 4 is 46.2 Å². The fourth-order valence-electron chi connectivity index (χ4n) is 6.93. The summed E-state index contributed by atoms with van der Waals surface area (Å²) >= 11 is 0. The first kappa shape index (κ1) is 27.5. The average molecular weight is 590 g/mol. The lowest BCUT2D eigenvalue weighted by atomic mass is 9.81. The number of ether oxygens (including phenoxy) is 3. The van der Waals surface area contributed by atoms with Gasteiger partial charge in [0.2, 0.25) is 11.8 Å². The monoisotopic (exact) mass is 589 g/mol. The molecule has 4 aromatic carbocycles. The highest BCUT2D eigenvalue weighted by atomic mass is 16.5. The first-order valence-corrected chi connectivity index (χ1v) is 14.4. The van der Waals surface area contributed by atoms with E-state index in [1.807, 2.05) is 0 Å². The Morgan fingerprint density at radius 3 is 1.77 bits per heavy atom. The molecule has 9 nitrogen and oxygen atoms in total. The average Bonchev–Trinajstić information content (AvgIpc) is 3.74. The fourth-order valence-corrected chi connectivity index (χ4v) is 6.93. The molecule has 44 heavy (non-hydrogen) atoms. The number of imide groups is 1.